The minimum absolute atomic E-state index is 0.629. The summed E-state index contributed by atoms with van der Waals surface area (Å²) in [5.74, 6) is 0. The number of hydrogen-bond acceptors (Lipinski definition) is 3. The lowest BCUT2D eigenvalue weighted by Crippen LogP contribution is -2.38. The first-order valence-electron chi connectivity index (χ1n) is 3.68. The van der Waals surface area contributed by atoms with E-state index in [1.54, 1.807) is 0 Å². The van der Waals surface area contributed by atoms with Gasteiger partial charge < -0.3 is 10.2 Å². The van der Waals surface area contributed by atoms with Crippen LogP contribution in [0.3, 0.4) is 0 Å². The van der Waals surface area contributed by atoms with Crippen LogP contribution < -0.4 is 5.32 Å². The monoisotopic (exact) mass is 139 g/mol. The molecule has 1 heterocycles. The summed E-state index contributed by atoms with van der Waals surface area (Å²) in [6.07, 6.45) is 4.36. The van der Waals surface area contributed by atoms with Crippen molar-refractivity contribution in [2.45, 2.75) is 18.9 Å². The SMILES string of the molecule is CNC1CCN(C#N)CC1. The maximum absolute atomic E-state index is 8.51. The largest absolute Gasteiger partial charge is 0.317 e. The van der Waals surface area contributed by atoms with Crippen LogP contribution in [0, 0.1) is 11.5 Å². The van der Waals surface area contributed by atoms with Crippen LogP contribution in [0.2, 0.25) is 0 Å². The van der Waals surface area contributed by atoms with Crippen molar-refractivity contribution in [1.29, 1.82) is 5.26 Å². The summed E-state index contributed by atoms with van der Waals surface area (Å²) in [5.41, 5.74) is 0. The summed E-state index contributed by atoms with van der Waals surface area (Å²) in [7, 11) is 1.98. The van der Waals surface area contributed by atoms with Crippen molar-refractivity contribution in [3.63, 3.8) is 0 Å². The van der Waals surface area contributed by atoms with E-state index >= 15 is 0 Å². The predicted octanol–water partition coefficient (Wildman–Crippen LogP) is 0.151. The molecule has 10 heavy (non-hydrogen) atoms. The van der Waals surface area contributed by atoms with Gasteiger partial charge in [-0.2, -0.15) is 5.26 Å². The fourth-order valence-corrected chi connectivity index (χ4v) is 1.27. The van der Waals surface area contributed by atoms with E-state index in [1.165, 1.54) is 0 Å². The Hall–Kier alpha value is -0.750. The number of nitrogens with zero attached hydrogens (tertiary/aromatic N) is 2. The van der Waals surface area contributed by atoms with Gasteiger partial charge in [0.1, 0.15) is 0 Å². The van der Waals surface area contributed by atoms with Crippen molar-refractivity contribution in [3.8, 4) is 6.19 Å². The van der Waals surface area contributed by atoms with Crippen LogP contribution >= 0.6 is 0 Å². The van der Waals surface area contributed by atoms with Gasteiger partial charge in [0.25, 0.3) is 0 Å². The summed E-state index contributed by atoms with van der Waals surface area (Å²) in [4.78, 5) is 1.81. The Balaban J connectivity index is 2.25. The molecular weight excluding hydrogens is 126 g/mol. The lowest BCUT2D eigenvalue weighted by molar-refractivity contribution is 0.276. The zero-order valence-corrected chi connectivity index (χ0v) is 6.30. The molecule has 1 aliphatic rings. The van der Waals surface area contributed by atoms with E-state index < -0.39 is 0 Å². The smallest absolute Gasteiger partial charge is 0.179 e. The fourth-order valence-electron chi connectivity index (χ4n) is 1.27. The van der Waals surface area contributed by atoms with Crippen LogP contribution in [0.25, 0.3) is 0 Å². The number of nitriles is 1. The van der Waals surface area contributed by atoms with Crippen molar-refractivity contribution in [2.24, 2.45) is 0 Å². The Bertz CT molecular complexity index is 130. The minimum atomic E-state index is 0.629. The van der Waals surface area contributed by atoms with Crippen molar-refractivity contribution >= 4 is 0 Å². The molecule has 0 radical (unpaired) electrons. The van der Waals surface area contributed by atoms with Crippen LogP contribution in [0.1, 0.15) is 12.8 Å². The minimum Gasteiger partial charge on any atom is -0.317 e. The second-order valence-electron chi connectivity index (χ2n) is 2.65. The molecule has 0 unspecified atom stereocenters. The molecule has 1 N–H and O–H groups in total. The highest BCUT2D eigenvalue weighted by atomic mass is 15.1. The van der Waals surface area contributed by atoms with Crippen LogP contribution in [-0.2, 0) is 0 Å². The highest BCUT2D eigenvalue weighted by Crippen LogP contribution is 2.07. The van der Waals surface area contributed by atoms with Crippen molar-refractivity contribution in [2.75, 3.05) is 20.1 Å². The Morgan fingerprint density at radius 3 is 2.50 bits per heavy atom. The Labute approximate surface area is 61.6 Å². The summed E-state index contributed by atoms with van der Waals surface area (Å²) in [6.45, 7) is 1.84. The molecule has 3 nitrogen and oxygen atoms in total. The average molecular weight is 139 g/mol. The molecule has 1 saturated heterocycles. The van der Waals surface area contributed by atoms with Crippen LogP contribution in [-0.4, -0.2) is 31.1 Å². The maximum atomic E-state index is 8.51. The van der Waals surface area contributed by atoms with Crippen molar-refractivity contribution in [3.05, 3.63) is 0 Å². The number of likely N-dealkylation sites (tertiary alicyclic amines) is 1. The highest BCUT2D eigenvalue weighted by molar-refractivity contribution is 4.82. The van der Waals surface area contributed by atoms with E-state index in [2.05, 4.69) is 11.5 Å². The summed E-state index contributed by atoms with van der Waals surface area (Å²) in [6, 6.07) is 0.629. The standard InChI is InChI=1S/C7H13N3/c1-9-7-2-4-10(6-8)5-3-7/h7,9H,2-5H2,1H3. The fraction of sp³-hybridized carbons (Fsp3) is 0.857. The topological polar surface area (TPSA) is 39.1 Å². The molecule has 0 aliphatic carbocycles. The van der Waals surface area contributed by atoms with Gasteiger partial charge in [-0.25, -0.2) is 0 Å². The molecular formula is C7H13N3. The molecule has 0 spiro atoms. The third kappa shape index (κ3) is 1.61. The molecule has 0 aromatic carbocycles. The molecule has 0 amide bonds. The lowest BCUT2D eigenvalue weighted by atomic mass is 10.1. The molecule has 0 aromatic heterocycles. The molecule has 0 atom stereocenters. The summed E-state index contributed by atoms with van der Waals surface area (Å²) >= 11 is 0. The third-order valence-electron chi connectivity index (χ3n) is 2.04. The molecule has 1 aliphatic heterocycles. The average Bonchev–Trinajstić information content (AvgIpc) is 2.05. The molecule has 0 aromatic rings. The number of piperidine rings is 1. The molecule has 0 saturated carbocycles. The van der Waals surface area contributed by atoms with Gasteiger partial charge >= 0.3 is 0 Å². The predicted molar refractivity (Wildman–Crippen MR) is 39.3 cm³/mol. The van der Waals surface area contributed by atoms with Gasteiger partial charge in [-0.1, -0.05) is 0 Å². The zero-order chi connectivity index (χ0) is 7.40. The second-order valence-corrected chi connectivity index (χ2v) is 2.65. The molecule has 56 valence electrons. The van der Waals surface area contributed by atoms with Gasteiger partial charge in [0.15, 0.2) is 6.19 Å². The first-order chi connectivity index (χ1) is 4.86. The van der Waals surface area contributed by atoms with E-state index in [9.17, 15) is 0 Å². The van der Waals surface area contributed by atoms with E-state index in [1.807, 2.05) is 11.9 Å². The molecule has 1 fully saturated rings. The Morgan fingerprint density at radius 2 is 2.10 bits per heavy atom. The van der Waals surface area contributed by atoms with E-state index in [-0.39, 0.29) is 0 Å². The van der Waals surface area contributed by atoms with Gasteiger partial charge in [-0.05, 0) is 19.9 Å². The van der Waals surface area contributed by atoms with Gasteiger partial charge in [-0.3, -0.25) is 0 Å². The van der Waals surface area contributed by atoms with E-state index in [0.29, 0.717) is 6.04 Å². The Kier molecular flexibility index (Phi) is 2.52. The van der Waals surface area contributed by atoms with Gasteiger partial charge in [0.2, 0.25) is 0 Å². The maximum Gasteiger partial charge on any atom is 0.179 e. The van der Waals surface area contributed by atoms with Crippen LogP contribution in [0.4, 0.5) is 0 Å². The number of hydrogen-bond donors (Lipinski definition) is 1. The Morgan fingerprint density at radius 1 is 1.50 bits per heavy atom. The second kappa shape index (κ2) is 3.43. The summed E-state index contributed by atoms with van der Waals surface area (Å²) in [5, 5.41) is 11.7. The van der Waals surface area contributed by atoms with Crippen molar-refractivity contribution < 1.29 is 0 Å². The number of nitrogens with one attached hydrogen (secondary N) is 1. The molecule has 0 bridgehead atoms. The third-order valence-corrected chi connectivity index (χ3v) is 2.04. The van der Waals surface area contributed by atoms with Gasteiger partial charge in [-0.15, -0.1) is 0 Å². The highest BCUT2D eigenvalue weighted by Gasteiger charge is 2.15. The first-order valence-corrected chi connectivity index (χ1v) is 3.68. The molecule has 3 heteroatoms. The van der Waals surface area contributed by atoms with E-state index in [4.69, 9.17) is 5.26 Å². The van der Waals surface area contributed by atoms with Crippen LogP contribution in [0.15, 0.2) is 0 Å². The zero-order valence-electron chi connectivity index (χ0n) is 6.30. The van der Waals surface area contributed by atoms with E-state index in [0.717, 1.165) is 25.9 Å². The lowest BCUT2D eigenvalue weighted by Gasteiger charge is -2.27. The quantitative estimate of drug-likeness (QED) is 0.526. The molecule has 1 rings (SSSR count). The normalized spacial score (nSPS) is 20.6. The first kappa shape index (κ1) is 7.36. The summed E-state index contributed by atoms with van der Waals surface area (Å²) < 4.78 is 0. The number of rotatable bonds is 1. The van der Waals surface area contributed by atoms with Gasteiger partial charge in [0, 0.05) is 19.1 Å². The van der Waals surface area contributed by atoms with Crippen LogP contribution in [0.5, 0.6) is 0 Å². The van der Waals surface area contributed by atoms with Gasteiger partial charge in [0.05, 0.1) is 0 Å². The van der Waals surface area contributed by atoms with Crippen molar-refractivity contribution in [1.82, 2.24) is 10.2 Å².